The fraction of sp³-hybridized carbons (Fsp3) is 0.211. The van der Waals surface area contributed by atoms with E-state index < -0.39 is 0 Å². The maximum atomic E-state index is 6.41. The Balaban J connectivity index is 1.94. The third kappa shape index (κ3) is 2.62. The Morgan fingerprint density at radius 1 is 0.957 bits per heavy atom. The Kier molecular flexibility index (Phi) is 3.80. The fourth-order valence-electron chi connectivity index (χ4n) is 3.13. The molecule has 3 nitrogen and oxygen atoms in total. The zero-order chi connectivity index (χ0) is 15.6. The minimum Gasteiger partial charge on any atom is -0.370 e. The maximum absolute atomic E-state index is 6.41. The maximum Gasteiger partial charge on any atom is 0.133 e. The molecule has 1 aliphatic rings. The van der Waals surface area contributed by atoms with Crippen LogP contribution in [0.3, 0.4) is 0 Å². The van der Waals surface area contributed by atoms with Gasteiger partial charge >= 0.3 is 0 Å². The van der Waals surface area contributed by atoms with E-state index in [0.717, 1.165) is 35.7 Å². The molecule has 1 aromatic heterocycles. The van der Waals surface area contributed by atoms with E-state index in [1.54, 1.807) is 0 Å². The molecular weight excluding hydrogens is 306 g/mol. The minimum atomic E-state index is 0.712. The SMILES string of the molecule is Clc1ccccc1-n1nc(-c2ccccc2)c2c1NCCCC2. The lowest BCUT2D eigenvalue weighted by Crippen LogP contribution is -2.07. The van der Waals surface area contributed by atoms with Crippen molar-refractivity contribution in [3.8, 4) is 16.9 Å². The number of rotatable bonds is 2. The number of hydrogen-bond donors (Lipinski definition) is 1. The molecule has 0 unspecified atom stereocenters. The molecule has 3 aromatic rings. The first-order valence-electron chi connectivity index (χ1n) is 8.00. The summed E-state index contributed by atoms with van der Waals surface area (Å²) in [5.41, 5.74) is 4.41. The fourth-order valence-corrected chi connectivity index (χ4v) is 3.34. The van der Waals surface area contributed by atoms with Gasteiger partial charge < -0.3 is 5.32 Å². The highest BCUT2D eigenvalue weighted by Crippen LogP contribution is 2.35. The molecule has 2 aromatic carbocycles. The van der Waals surface area contributed by atoms with E-state index in [4.69, 9.17) is 16.7 Å². The van der Waals surface area contributed by atoms with Gasteiger partial charge in [0.15, 0.2) is 0 Å². The summed E-state index contributed by atoms with van der Waals surface area (Å²) >= 11 is 6.41. The molecule has 0 radical (unpaired) electrons. The van der Waals surface area contributed by atoms with Gasteiger partial charge in [-0.1, -0.05) is 54.1 Å². The van der Waals surface area contributed by atoms with Crippen LogP contribution in [-0.2, 0) is 6.42 Å². The lowest BCUT2D eigenvalue weighted by atomic mass is 10.0. The van der Waals surface area contributed by atoms with E-state index in [9.17, 15) is 0 Å². The van der Waals surface area contributed by atoms with Crippen LogP contribution < -0.4 is 5.32 Å². The first kappa shape index (κ1) is 14.3. The summed E-state index contributed by atoms with van der Waals surface area (Å²) in [4.78, 5) is 0. The zero-order valence-corrected chi connectivity index (χ0v) is 13.6. The van der Waals surface area contributed by atoms with Gasteiger partial charge in [-0.15, -0.1) is 0 Å². The summed E-state index contributed by atoms with van der Waals surface area (Å²) in [5, 5.41) is 9.17. The number of benzene rings is 2. The van der Waals surface area contributed by atoms with E-state index in [2.05, 4.69) is 29.6 Å². The quantitative estimate of drug-likeness (QED) is 0.723. The minimum absolute atomic E-state index is 0.712. The Morgan fingerprint density at radius 3 is 2.57 bits per heavy atom. The van der Waals surface area contributed by atoms with Crippen molar-refractivity contribution in [1.29, 1.82) is 0 Å². The largest absolute Gasteiger partial charge is 0.370 e. The van der Waals surface area contributed by atoms with E-state index in [-0.39, 0.29) is 0 Å². The van der Waals surface area contributed by atoms with Gasteiger partial charge in [0, 0.05) is 17.7 Å². The predicted molar refractivity (Wildman–Crippen MR) is 95.4 cm³/mol. The van der Waals surface area contributed by atoms with Crippen LogP contribution in [0.5, 0.6) is 0 Å². The van der Waals surface area contributed by atoms with Gasteiger partial charge in [-0.2, -0.15) is 5.10 Å². The highest BCUT2D eigenvalue weighted by Gasteiger charge is 2.22. The summed E-state index contributed by atoms with van der Waals surface area (Å²) < 4.78 is 1.96. The standard InChI is InChI=1S/C19H18ClN3/c20-16-11-4-5-12-17(16)23-19-15(10-6-7-13-21-19)18(22-23)14-8-2-1-3-9-14/h1-5,8-9,11-12,21H,6-7,10,13H2. The summed E-state index contributed by atoms with van der Waals surface area (Å²) in [6, 6.07) is 18.2. The molecule has 4 rings (SSSR count). The Hall–Kier alpha value is -2.26. The lowest BCUT2D eigenvalue weighted by Gasteiger charge is -2.10. The van der Waals surface area contributed by atoms with Gasteiger partial charge in [0.05, 0.1) is 16.4 Å². The van der Waals surface area contributed by atoms with Crippen LogP contribution in [0.1, 0.15) is 18.4 Å². The van der Waals surface area contributed by atoms with Crippen LogP contribution in [0.4, 0.5) is 5.82 Å². The normalized spacial score (nSPS) is 14.0. The molecule has 4 heteroatoms. The van der Waals surface area contributed by atoms with Crippen LogP contribution in [-0.4, -0.2) is 16.3 Å². The monoisotopic (exact) mass is 323 g/mol. The van der Waals surface area contributed by atoms with E-state index in [1.165, 1.54) is 18.4 Å². The number of aromatic nitrogens is 2. The molecule has 0 aliphatic carbocycles. The van der Waals surface area contributed by atoms with E-state index in [0.29, 0.717) is 5.02 Å². The average molecular weight is 324 g/mol. The Labute approximate surface area is 140 Å². The van der Waals surface area contributed by atoms with Crippen LogP contribution in [0.2, 0.25) is 5.02 Å². The van der Waals surface area contributed by atoms with Crippen LogP contribution in [0.15, 0.2) is 54.6 Å². The first-order valence-corrected chi connectivity index (χ1v) is 8.38. The molecule has 0 saturated heterocycles. The molecule has 0 bridgehead atoms. The van der Waals surface area contributed by atoms with Crippen molar-refractivity contribution < 1.29 is 0 Å². The summed E-state index contributed by atoms with van der Waals surface area (Å²) in [7, 11) is 0. The van der Waals surface area contributed by atoms with E-state index in [1.807, 2.05) is 35.0 Å². The molecule has 2 heterocycles. The van der Waals surface area contributed by atoms with Crippen LogP contribution in [0, 0.1) is 0 Å². The smallest absolute Gasteiger partial charge is 0.133 e. The van der Waals surface area contributed by atoms with Crippen molar-refractivity contribution in [2.24, 2.45) is 0 Å². The van der Waals surface area contributed by atoms with Gasteiger partial charge in [-0.3, -0.25) is 0 Å². The second-order valence-corrected chi connectivity index (χ2v) is 6.20. The molecule has 1 aliphatic heterocycles. The number of fused-ring (bicyclic) bond motifs is 1. The lowest BCUT2D eigenvalue weighted by molar-refractivity contribution is 0.780. The number of para-hydroxylation sites is 1. The van der Waals surface area contributed by atoms with Crippen molar-refractivity contribution in [2.75, 3.05) is 11.9 Å². The van der Waals surface area contributed by atoms with Gasteiger partial charge in [0.2, 0.25) is 0 Å². The second kappa shape index (κ2) is 6.09. The third-order valence-electron chi connectivity index (χ3n) is 4.26. The van der Waals surface area contributed by atoms with Gasteiger partial charge in [-0.05, 0) is 31.4 Å². The van der Waals surface area contributed by atoms with Crippen molar-refractivity contribution in [2.45, 2.75) is 19.3 Å². The van der Waals surface area contributed by atoms with Gasteiger partial charge in [0.1, 0.15) is 5.82 Å². The van der Waals surface area contributed by atoms with Crippen molar-refractivity contribution in [3.05, 3.63) is 65.2 Å². The average Bonchev–Trinajstić information content (AvgIpc) is 2.78. The molecule has 23 heavy (non-hydrogen) atoms. The number of halogens is 1. The van der Waals surface area contributed by atoms with Crippen molar-refractivity contribution in [3.63, 3.8) is 0 Å². The highest BCUT2D eigenvalue weighted by molar-refractivity contribution is 6.32. The number of hydrogen-bond acceptors (Lipinski definition) is 2. The molecule has 0 atom stereocenters. The number of nitrogens with zero attached hydrogens (tertiary/aromatic N) is 2. The highest BCUT2D eigenvalue weighted by atomic mass is 35.5. The van der Waals surface area contributed by atoms with Crippen LogP contribution in [0.25, 0.3) is 16.9 Å². The third-order valence-corrected chi connectivity index (χ3v) is 4.58. The molecule has 116 valence electrons. The zero-order valence-electron chi connectivity index (χ0n) is 12.8. The summed E-state index contributed by atoms with van der Waals surface area (Å²) in [5.74, 6) is 1.08. The topological polar surface area (TPSA) is 29.9 Å². The van der Waals surface area contributed by atoms with E-state index >= 15 is 0 Å². The molecule has 0 saturated carbocycles. The first-order chi connectivity index (χ1) is 11.3. The summed E-state index contributed by atoms with van der Waals surface area (Å²) in [6.45, 7) is 0.970. The van der Waals surface area contributed by atoms with Crippen molar-refractivity contribution in [1.82, 2.24) is 9.78 Å². The molecule has 0 fully saturated rings. The van der Waals surface area contributed by atoms with Crippen molar-refractivity contribution >= 4 is 17.4 Å². The number of nitrogens with one attached hydrogen (secondary N) is 1. The van der Waals surface area contributed by atoms with Crippen LogP contribution >= 0.6 is 11.6 Å². The molecule has 1 N–H and O–H groups in total. The predicted octanol–water partition coefficient (Wildman–Crippen LogP) is 4.94. The Morgan fingerprint density at radius 2 is 1.74 bits per heavy atom. The number of anilines is 1. The molecular formula is C19H18ClN3. The summed E-state index contributed by atoms with van der Waals surface area (Å²) in [6.07, 6.45) is 3.39. The van der Waals surface area contributed by atoms with Gasteiger partial charge in [-0.25, -0.2) is 4.68 Å². The molecule has 0 amide bonds. The second-order valence-electron chi connectivity index (χ2n) is 5.79. The molecule has 0 spiro atoms. The Bertz CT molecular complexity index is 824. The van der Waals surface area contributed by atoms with Gasteiger partial charge in [0.25, 0.3) is 0 Å².